The van der Waals surface area contributed by atoms with Gasteiger partial charge in [0.25, 0.3) is 5.91 Å². The maximum Gasteiger partial charge on any atom is 0.337 e. The number of methoxy groups -OCH3 is 1. The van der Waals surface area contributed by atoms with E-state index in [-0.39, 0.29) is 18.2 Å². The zero-order valence-corrected chi connectivity index (χ0v) is 11.8. The lowest BCUT2D eigenvalue weighted by molar-refractivity contribution is -0.130. The molecular formula is C14H15N3O4. The summed E-state index contributed by atoms with van der Waals surface area (Å²) >= 11 is 0. The Labute approximate surface area is 121 Å². The van der Waals surface area contributed by atoms with Gasteiger partial charge in [0.1, 0.15) is 5.71 Å². The van der Waals surface area contributed by atoms with Gasteiger partial charge in [0.15, 0.2) is 0 Å². The van der Waals surface area contributed by atoms with Crippen LogP contribution in [0.15, 0.2) is 29.4 Å². The SMILES string of the molecule is COC(=O)c1ccc(NC(=O)C2=NN(C)C(=O)CC2)cc1. The summed E-state index contributed by atoms with van der Waals surface area (Å²) < 4.78 is 4.59. The van der Waals surface area contributed by atoms with Crippen molar-refractivity contribution in [2.45, 2.75) is 12.8 Å². The zero-order valence-electron chi connectivity index (χ0n) is 11.8. The van der Waals surface area contributed by atoms with Crippen molar-refractivity contribution in [3.63, 3.8) is 0 Å². The molecule has 7 heteroatoms. The summed E-state index contributed by atoms with van der Waals surface area (Å²) in [7, 11) is 2.82. The molecule has 21 heavy (non-hydrogen) atoms. The van der Waals surface area contributed by atoms with Crippen LogP contribution < -0.4 is 5.32 Å². The Morgan fingerprint density at radius 2 is 1.90 bits per heavy atom. The largest absolute Gasteiger partial charge is 0.465 e. The monoisotopic (exact) mass is 289 g/mol. The molecule has 2 amide bonds. The van der Waals surface area contributed by atoms with E-state index in [9.17, 15) is 14.4 Å². The number of benzene rings is 1. The minimum Gasteiger partial charge on any atom is -0.465 e. The van der Waals surface area contributed by atoms with E-state index in [1.54, 1.807) is 24.3 Å². The highest BCUT2D eigenvalue weighted by Gasteiger charge is 2.21. The number of hydrazone groups is 1. The highest BCUT2D eigenvalue weighted by atomic mass is 16.5. The third-order valence-corrected chi connectivity index (χ3v) is 3.03. The average Bonchev–Trinajstić information content (AvgIpc) is 2.50. The van der Waals surface area contributed by atoms with Crippen LogP contribution in [0.2, 0.25) is 0 Å². The smallest absolute Gasteiger partial charge is 0.337 e. The Bertz CT molecular complexity index is 607. The first-order valence-electron chi connectivity index (χ1n) is 6.35. The Morgan fingerprint density at radius 3 is 2.48 bits per heavy atom. The van der Waals surface area contributed by atoms with E-state index in [1.165, 1.54) is 19.2 Å². The zero-order chi connectivity index (χ0) is 15.4. The third-order valence-electron chi connectivity index (χ3n) is 3.03. The number of rotatable bonds is 3. The molecule has 1 heterocycles. The number of amides is 2. The molecule has 2 rings (SSSR count). The number of nitrogens with zero attached hydrogens (tertiary/aromatic N) is 2. The van der Waals surface area contributed by atoms with E-state index >= 15 is 0 Å². The lowest BCUT2D eigenvalue weighted by atomic mass is 10.1. The van der Waals surface area contributed by atoms with Gasteiger partial charge >= 0.3 is 5.97 Å². The summed E-state index contributed by atoms with van der Waals surface area (Å²) in [4.78, 5) is 34.6. The molecule has 0 radical (unpaired) electrons. The summed E-state index contributed by atoms with van der Waals surface area (Å²) in [6.07, 6.45) is 0.583. The molecule has 0 bridgehead atoms. The maximum atomic E-state index is 12.0. The van der Waals surface area contributed by atoms with Crippen molar-refractivity contribution in [2.75, 3.05) is 19.5 Å². The molecule has 1 N–H and O–H groups in total. The Morgan fingerprint density at radius 1 is 1.24 bits per heavy atom. The van der Waals surface area contributed by atoms with E-state index in [0.29, 0.717) is 23.4 Å². The normalized spacial score (nSPS) is 14.5. The van der Waals surface area contributed by atoms with Gasteiger partial charge in [-0.3, -0.25) is 9.59 Å². The van der Waals surface area contributed by atoms with Crippen molar-refractivity contribution in [2.24, 2.45) is 5.10 Å². The van der Waals surface area contributed by atoms with Crippen LogP contribution in [0, 0.1) is 0 Å². The number of nitrogens with one attached hydrogen (secondary N) is 1. The molecule has 1 aromatic rings. The molecule has 0 saturated carbocycles. The van der Waals surface area contributed by atoms with Crippen LogP contribution in [-0.2, 0) is 14.3 Å². The number of anilines is 1. The van der Waals surface area contributed by atoms with Gasteiger partial charge in [-0.1, -0.05) is 0 Å². The van der Waals surface area contributed by atoms with Gasteiger partial charge in [-0.15, -0.1) is 0 Å². The van der Waals surface area contributed by atoms with Gasteiger partial charge in [0, 0.05) is 25.6 Å². The predicted molar refractivity (Wildman–Crippen MR) is 75.9 cm³/mol. The summed E-state index contributed by atoms with van der Waals surface area (Å²) in [6.45, 7) is 0. The number of hydrogen-bond donors (Lipinski definition) is 1. The highest BCUT2D eigenvalue weighted by Crippen LogP contribution is 2.13. The van der Waals surface area contributed by atoms with E-state index in [2.05, 4.69) is 15.2 Å². The molecule has 0 atom stereocenters. The highest BCUT2D eigenvalue weighted by molar-refractivity contribution is 6.43. The van der Waals surface area contributed by atoms with Crippen molar-refractivity contribution < 1.29 is 19.1 Å². The first kappa shape index (κ1) is 14.7. The van der Waals surface area contributed by atoms with Gasteiger partial charge < -0.3 is 10.1 Å². The number of carbonyl (C=O) groups is 3. The molecule has 0 aliphatic carbocycles. The van der Waals surface area contributed by atoms with Crippen LogP contribution in [0.4, 0.5) is 5.69 Å². The summed E-state index contributed by atoms with van der Waals surface area (Å²) in [5, 5.41) is 7.77. The van der Waals surface area contributed by atoms with Gasteiger partial charge in [0.05, 0.1) is 12.7 Å². The van der Waals surface area contributed by atoms with E-state index in [1.807, 2.05) is 0 Å². The van der Waals surface area contributed by atoms with Crippen molar-refractivity contribution >= 4 is 29.2 Å². The van der Waals surface area contributed by atoms with Crippen LogP contribution in [0.3, 0.4) is 0 Å². The van der Waals surface area contributed by atoms with Crippen molar-refractivity contribution in [1.29, 1.82) is 0 Å². The fourth-order valence-corrected chi connectivity index (χ4v) is 1.84. The first-order valence-corrected chi connectivity index (χ1v) is 6.35. The fourth-order valence-electron chi connectivity index (χ4n) is 1.84. The summed E-state index contributed by atoms with van der Waals surface area (Å²) in [5.74, 6) is -0.918. The van der Waals surface area contributed by atoms with Crippen LogP contribution in [0.1, 0.15) is 23.2 Å². The van der Waals surface area contributed by atoms with Gasteiger partial charge in [-0.2, -0.15) is 5.10 Å². The lowest BCUT2D eigenvalue weighted by Gasteiger charge is -2.18. The molecule has 0 unspecified atom stereocenters. The number of carbonyl (C=O) groups excluding carboxylic acids is 3. The molecule has 1 aliphatic rings. The van der Waals surface area contributed by atoms with E-state index in [4.69, 9.17) is 0 Å². The number of esters is 1. The summed E-state index contributed by atoms with van der Waals surface area (Å²) in [5.41, 5.74) is 1.24. The van der Waals surface area contributed by atoms with Crippen LogP contribution in [-0.4, -0.2) is 42.7 Å². The standard InChI is InChI=1S/C14H15N3O4/c1-17-12(18)8-7-11(16-17)13(19)15-10-5-3-9(4-6-10)14(20)21-2/h3-6H,7-8H2,1-2H3,(H,15,19). The minimum atomic E-state index is -0.440. The average molecular weight is 289 g/mol. The fraction of sp³-hybridized carbons (Fsp3) is 0.286. The van der Waals surface area contributed by atoms with Crippen LogP contribution in [0.25, 0.3) is 0 Å². The molecule has 110 valence electrons. The topological polar surface area (TPSA) is 88.1 Å². The van der Waals surface area contributed by atoms with Crippen LogP contribution in [0.5, 0.6) is 0 Å². The Balaban J connectivity index is 2.05. The molecule has 1 aromatic carbocycles. The van der Waals surface area contributed by atoms with Crippen molar-refractivity contribution in [3.8, 4) is 0 Å². The van der Waals surface area contributed by atoms with Crippen molar-refractivity contribution in [1.82, 2.24) is 5.01 Å². The maximum absolute atomic E-state index is 12.0. The molecule has 0 saturated heterocycles. The predicted octanol–water partition coefficient (Wildman–Crippen LogP) is 1.02. The van der Waals surface area contributed by atoms with Crippen LogP contribution >= 0.6 is 0 Å². The molecular weight excluding hydrogens is 274 g/mol. The van der Waals surface area contributed by atoms with E-state index < -0.39 is 5.97 Å². The number of hydrogen-bond acceptors (Lipinski definition) is 5. The Kier molecular flexibility index (Phi) is 4.32. The second-order valence-electron chi connectivity index (χ2n) is 4.49. The molecule has 0 aromatic heterocycles. The molecule has 0 spiro atoms. The third kappa shape index (κ3) is 3.44. The van der Waals surface area contributed by atoms with E-state index in [0.717, 1.165) is 0 Å². The van der Waals surface area contributed by atoms with Crippen molar-refractivity contribution in [3.05, 3.63) is 29.8 Å². The molecule has 7 nitrogen and oxygen atoms in total. The van der Waals surface area contributed by atoms with Gasteiger partial charge in [0.2, 0.25) is 5.91 Å². The Hall–Kier alpha value is -2.70. The summed E-state index contributed by atoms with van der Waals surface area (Å²) in [6, 6.07) is 6.31. The number of ether oxygens (including phenoxy) is 1. The minimum absolute atomic E-state index is 0.117. The first-order chi connectivity index (χ1) is 10.0. The van der Waals surface area contributed by atoms with Gasteiger partial charge in [-0.25, -0.2) is 9.80 Å². The molecule has 1 aliphatic heterocycles. The van der Waals surface area contributed by atoms with Gasteiger partial charge in [-0.05, 0) is 24.3 Å². The second kappa shape index (κ2) is 6.17. The molecule has 0 fully saturated rings. The lowest BCUT2D eigenvalue weighted by Crippen LogP contribution is -2.34. The second-order valence-corrected chi connectivity index (χ2v) is 4.49. The quantitative estimate of drug-likeness (QED) is 0.841.